The van der Waals surface area contributed by atoms with Crippen LogP contribution in [0, 0.1) is 6.92 Å². The molecule has 1 heterocycles. The van der Waals surface area contributed by atoms with E-state index in [2.05, 4.69) is 26.4 Å². The number of carboxylic acid groups (broad SMARTS) is 1. The quantitative estimate of drug-likeness (QED) is 0.905. The van der Waals surface area contributed by atoms with Gasteiger partial charge in [0.2, 0.25) is 5.76 Å². The third-order valence-corrected chi connectivity index (χ3v) is 2.97. The van der Waals surface area contributed by atoms with Crippen LogP contribution < -0.4 is 5.32 Å². The minimum absolute atomic E-state index is 0.0895. The van der Waals surface area contributed by atoms with Crippen LogP contribution in [-0.2, 0) is 0 Å². The van der Waals surface area contributed by atoms with E-state index in [1.165, 1.54) is 24.3 Å². The van der Waals surface area contributed by atoms with Crippen LogP contribution in [-0.4, -0.2) is 22.1 Å². The van der Waals surface area contributed by atoms with Crippen molar-refractivity contribution in [1.29, 1.82) is 0 Å². The summed E-state index contributed by atoms with van der Waals surface area (Å²) in [6.07, 6.45) is 0. The number of nitrogens with zero attached hydrogens (tertiary/aromatic N) is 1. The molecule has 0 bridgehead atoms. The highest BCUT2D eigenvalue weighted by atomic mass is 79.9. The van der Waals surface area contributed by atoms with E-state index in [0.717, 1.165) is 0 Å². The highest BCUT2D eigenvalue weighted by Crippen LogP contribution is 2.24. The van der Waals surface area contributed by atoms with E-state index < -0.39 is 11.9 Å². The lowest BCUT2D eigenvalue weighted by molar-refractivity contribution is 0.0696. The number of anilines is 1. The van der Waals surface area contributed by atoms with Gasteiger partial charge in [0.05, 0.1) is 16.9 Å². The Kier molecular flexibility index (Phi) is 3.66. The number of aromatic nitrogens is 1. The fourth-order valence-corrected chi connectivity index (χ4v) is 1.88. The molecule has 0 spiro atoms. The average molecular weight is 325 g/mol. The molecule has 0 saturated heterocycles. The first-order valence-corrected chi connectivity index (χ1v) is 6.04. The molecule has 0 saturated carbocycles. The highest BCUT2D eigenvalue weighted by molar-refractivity contribution is 9.10. The zero-order chi connectivity index (χ0) is 14.0. The number of aryl methyl sites for hydroxylation is 1. The number of carboxylic acids is 1. The molecule has 98 valence electrons. The molecule has 0 fully saturated rings. The van der Waals surface area contributed by atoms with Crippen molar-refractivity contribution in [1.82, 2.24) is 5.16 Å². The van der Waals surface area contributed by atoms with Gasteiger partial charge in [-0.05, 0) is 41.1 Å². The van der Waals surface area contributed by atoms with Crippen LogP contribution in [0.15, 0.2) is 33.3 Å². The monoisotopic (exact) mass is 324 g/mol. The Morgan fingerprint density at radius 1 is 1.37 bits per heavy atom. The number of carbonyl (C=O) groups excluding carboxylic acids is 1. The smallest absolute Gasteiger partial charge is 0.335 e. The molecule has 0 aliphatic carbocycles. The molecule has 2 aromatic rings. The molecule has 0 atom stereocenters. The molecule has 1 amide bonds. The SMILES string of the molecule is Cc1cc(C(=O)Nc2ccc(C(=O)O)cc2Br)on1. The fourth-order valence-electron chi connectivity index (χ4n) is 1.40. The number of rotatable bonds is 3. The summed E-state index contributed by atoms with van der Waals surface area (Å²) in [5, 5.41) is 15.0. The number of carbonyl (C=O) groups is 2. The number of hydrogen-bond acceptors (Lipinski definition) is 4. The molecule has 0 aliphatic rings. The maximum Gasteiger partial charge on any atom is 0.335 e. The Morgan fingerprint density at radius 3 is 2.63 bits per heavy atom. The van der Waals surface area contributed by atoms with Gasteiger partial charge in [0.25, 0.3) is 5.91 Å². The molecular formula is C12H9BrN2O4. The van der Waals surface area contributed by atoms with Crippen molar-refractivity contribution in [2.75, 3.05) is 5.32 Å². The number of halogens is 1. The van der Waals surface area contributed by atoms with Crippen molar-refractivity contribution in [2.45, 2.75) is 6.92 Å². The number of nitrogens with one attached hydrogen (secondary N) is 1. The van der Waals surface area contributed by atoms with Gasteiger partial charge in [-0.25, -0.2) is 4.79 Å². The van der Waals surface area contributed by atoms with Gasteiger partial charge in [-0.15, -0.1) is 0 Å². The first kappa shape index (κ1) is 13.3. The molecule has 0 radical (unpaired) electrons. The van der Waals surface area contributed by atoms with Gasteiger partial charge < -0.3 is 14.9 Å². The van der Waals surface area contributed by atoms with Crippen LogP contribution in [0.2, 0.25) is 0 Å². The molecule has 7 heteroatoms. The highest BCUT2D eigenvalue weighted by Gasteiger charge is 2.14. The van der Waals surface area contributed by atoms with Gasteiger partial charge in [-0.3, -0.25) is 4.79 Å². The van der Waals surface area contributed by atoms with Crippen LogP contribution in [0.25, 0.3) is 0 Å². The number of aromatic carboxylic acids is 1. The molecule has 1 aromatic carbocycles. The van der Waals surface area contributed by atoms with Crippen molar-refractivity contribution in [2.24, 2.45) is 0 Å². The normalized spacial score (nSPS) is 10.2. The lowest BCUT2D eigenvalue weighted by atomic mass is 10.2. The van der Waals surface area contributed by atoms with Gasteiger partial charge in [-0.1, -0.05) is 5.16 Å². The predicted molar refractivity (Wildman–Crippen MR) is 70.3 cm³/mol. The summed E-state index contributed by atoms with van der Waals surface area (Å²) in [5.41, 5.74) is 1.18. The molecule has 1 aromatic heterocycles. The Bertz CT molecular complexity index is 651. The van der Waals surface area contributed by atoms with Gasteiger partial charge >= 0.3 is 5.97 Å². The zero-order valence-electron chi connectivity index (χ0n) is 9.81. The second-order valence-electron chi connectivity index (χ2n) is 3.79. The minimum atomic E-state index is -1.04. The third-order valence-electron chi connectivity index (χ3n) is 2.32. The van der Waals surface area contributed by atoms with E-state index in [1.807, 2.05) is 0 Å². The van der Waals surface area contributed by atoms with Crippen LogP contribution in [0.1, 0.15) is 26.6 Å². The summed E-state index contributed by atoms with van der Waals surface area (Å²) in [7, 11) is 0. The van der Waals surface area contributed by atoms with Crippen molar-refractivity contribution >= 4 is 33.5 Å². The van der Waals surface area contributed by atoms with E-state index in [4.69, 9.17) is 9.63 Å². The van der Waals surface area contributed by atoms with Crippen LogP contribution in [0.4, 0.5) is 5.69 Å². The lowest BCUT2D eigenvalue weighted by Gasteiger charge is -2.06. The van der Waals surface area contributed by atoms with Crippen molar-refractivity contribution in [3.63, 3.8) is 0 Å². The molecule has 6 nitrogen and oxygen atoms in total. The van der Waals surface area contributed by atoms with Crippen molar-refractivity contribution in [3.05, 3.63) is 45.8 Å². The summed E-state index contributed by atoms with van der Waals surface area (Å²) >= 11 is 3.20. The standard InChI is InChI=1S/C12H9BrN2O4/c1-6-4-10(19-15-6)11(16)14-9-3-2-7(12(17)18)5-8(9)13/h2-5H,1H3,(H,14,16)(H,17,18). The second-order valence-corrected chi connectivity index (χ2v) is 4.64. The topological polar surface area (TPSA) is 92.4 Å². The molecule has 2 rings (SSSR count). The van der Waals surface area contributed by atoms with E-state index in [9.17, 15) is 9.59 Å². The largest absolute Gasteiger partial charge is 0.478 e. The average Bonchev–Trinajstić information content (AvgIpc) is 2.78. The first-order valence-electron chi connectivity index (χ1n) is 5.25. The Balaban J connectivity index is 2.20. The van der Waals surface area contributed by atoms with Gasteiger partial charge in [0, 0.05) is 10.5 Å². The first-order chi connectivity index (χ1) is 8.97. The number of benzene rings is 1. The van der Waals surface area contributed by atoms with Gasteiger partial charge in [0.1, 0.15) is 0 Å². The lowest BCUT2D eigenvalue weighted by Crippen LogP contribution is -2.11. The number of hydrogen-bond donors (Lipinski definition) is 2. The van der Waals surface area contributed by atoms with Crippen LogP contribution in [0.3, 0.4) is 0 Å². The summed E-state index contributed by atoms with van der Waals surface area (Å²) < 4.78 is 5.30. The molecule has 2 N–H and O–H groups in total. The Labute approximate surface area is 116 Å². The van der Waals surface area contributed by atoms with Gasteiger partial charge in [-0.2, -0.15) is 0 Å². The fraction of sp³-hybridized carbons (Fsp3) is 0.0833. The van der Waals surface area contributed by atoms with E-state index in [0.29, 0.717) is 15.9 Å². The summed E-state index contributed by atoms with van der Waals surface area (Å²) in [6, 6.07) is 5.81. The van der Waals surface area contributed by atoms with Crippen LogP contribution >= 0.6 is 15.9 Å². The minimum Gasteiger partial charge on any atom is -0.478 e. The summed E-state index contributed by atoms with van der Waals surface area (Å²) in [5.74, 6) is -1.40. The maximum absolute atomic E-state index is 11.8. The predicted octanol–water partition coefficient (Wildman–Crippen LogP) is 2.70. The molecular weight excluding hydrogens is 316 g/mol. The Morgan fingerprint density at radius 2 is 2.11 bits per heavy atom. The zero-order valence-corrected chi connectivity index (χ0v) is 11.4. The molecule has 0 aliphatic heterocycles. The van der Waals surface area contributed by atoms with Crippen molar-refractivity contribution in [3.8, 4) is 0 Å². The number of amides is 1. The second kappa shape index (κ2) is 5.23. The van der Waals surface area contributed by atoms with Gasteiger partial charge in [0.15, 0.2) is 0 Å². The maximum atomic E-state index is 11.8. The molecule has 19 heavy (non-hydrogen) atoms. The summed E-state index contributed by atoms with van der Waals surface area (Å²) in [6.45, 7) is 1.71. The molecule has 0 unspecified atom stereocenters. The van der Waals surface area contributed by atoms with E-state index in [-0.39, 0.29) is 11.3 Å². The van der Waals surface area contributed by atoms with Crippen molar-refractivity contribution < 1.29 is 19.2 Å². The van der Waals surface area contributed by atoms with E-state index in [1.54, 1.807) is 6.92 Å². The summed E-state index contributed by atoms with van der Waals surface area (Å²) in [4.78, 5) is 22.6. The van der Waals surface area contributed by atoms with Crippen LogP contribution in [0.5, 0.6) is 0 Å². The van der Waals surface area contributed by atoms with E-state index >= 15 is 0 Å². The Hall–Kier alpha value is -2.15. The third kappa shape index (κ3) is 3.00.